The van der Waals surface area contributed by atoms with Crippen LogP contribution in [0.2, 0.25) is 0 Å². The summed E-state index contributed by atoms with van der Waals surface area (Å²) in [6.45, 7) is 3.32. The maximum atomic E-state index is 11.7. The fourth-order valence-electron chi connectivity index (χ4n) is 2.24. The summed E-state index contributed by atoms with van der Waals surface area (Å²) < 4.78 is 31.3. The highest BCUT2D eigenvalue weighted by Gasteiger charge is 2.24. The number of nitrogens with one attached hydrogen (secondary N) is 1. The molecule has 0 aromatic heterocycles. The molecule has 1 rings (SSSR count). The van der Waals surface area contributed by atoms with E-state index in [1.807, 2.05) is 6.92 Å². The lowest BCUT2D eigenvalue weighted by molar-refractivity contribution is 0.163. The first kappa shape index (κ1) is 14.9. The second kappa shape index (κ2) is 7.31. The van der Waals surface area contributed by atoms with Crippen LogP contribution in [0, 0.1) is 5.92 Å². The molecule has 0 aromatic carbocycles. The Balaban J connectivity index is 2.36. The third kappa shape index (κ3) is 5.81. The van der Waals surface area contributed by atoms with Crippen molar-refractivity contribution in [1.82, 2.24) is 4.72 Å². The summed E-state index contributed by atoms with van der Waals surface area (Å²) in [5, 5.41) is 0. The third-order valence-electron chi connectivity index (χ3n) is 3.16. The Hall–Kier alpha value is -0.170. The van der Waals surface area contributed by atoms with Crippen LogP contribution < -0.4 is 10.5 Å². The minimum atomic E-state index is -3.20. The summed E-state index contributed by atoms with van der Waals surface area (Å²) in [5.41, 5.74) is 5.63. The van der Waals surface area contributed by atoms with Gasteiger partial charge in [-0.1, -0.05) is 6.42 Å². The Morgan fingerprint density at radius 2 is 2.18 bits per heavy atom. The van der Waals surface area contributed by atoms with Crippen LogP contribution in [0.25, 0.3) is 0 Å². The molecule has 0 spiro atoms. The van der Waals surface area contributed by atoms with Gasteiger partial charge in [0.05, 0.1) is 12.4 Å². The summed E-state index contributed by atoms with van der Waals surface area (Å²) in [7, 11) is -3.20. The Bertz CT molecular complexity index is 306. The molecule has 0 bridgehead atoms. The minimum Gasteiger partial charge on any atom is -0.381 e. The highest BCUT2D eigenvalue weighted by atomic mass is 32.2. The van der Waals surface area contributed by atoms with Gasteiger partial charge in [0, 0.05) is 12.6 Å². The molecule has 1 saturated carbocycles. The van der Waals surface area contributed by atoms with Gasteiger partial charge in [0.15, 0.2) is 0 Å². The molecule has 0 aromatic rings. The predicted molar refractivity (Wildman–Crippen MR) is 68.2 cm³/mol. The lowest BCUT2D eigenvalue weighted by Crippen LogP contribution is -2.41. The van der Waals surface area contributed by atoms with Gasteiger partial charge in [0.25, 0.3) is 0 Å². The minimum absolute atomic E-state index is 0.0463. The van der Waals surface area contributed by atoms with Gasteiger partial charge in [-0.3, -0.25) is 0 Å². The molecular weight excluding hydrogens is 240 g/mol. The van der Waals surface area contributed by atoms with Crippen LogP contribution in [0.4, 0.5) is 0 Å². The molecule has 6 heteroatoms. The Kier molecular flexibility index (Phi) is 6.40. The first-order valence-electron chi connectivity index (χ1n) is 6.35. The Morgan fingerprint density at radius 3 is 2.82 bits per heavy atom. The molecule has 3 N–H and O–H groups in total. The zero-order valence-corrected chi connectivity index (χ0v) is 11.3. The first-order chi connectivity index (χ1) is 8.07. The van der Waals surface area contributed by atoms with Crippen LogP contribution >= 0.6 is 0 Å². The lowest BCUT2D eigenvalue weighted by Gasteiger charge is -2.28. The van der Waals surface area contributed by atoms with Crippen molar-refractivity contribution in [3.63, 3.8) is 0 Å². The molecule has 0 radical (unpaired) electrons. The van der Waals surface area contributed by atoms with Gasteiger partial charge in [-0.05, 0) is 38.6 Å². The molecule has 2 atom stereocenters. The normalized spacial score (nSPS) is 26.0. The van der Waals surface area contributed by atoms with Gasteiger partial charge in [-0.15, -0.1) is 0 Å². The smallest absolute Gasteiger partial charge is 0.214 e. The average Bonchev–Trinajstić information content (AvgIpc) is 2.29. The summed E-state index contributed by atoms with van der Waals surface area (Å²) >= 11 is 0. The summed E-state index contributed by atoms with van der Waals surface area (Å²) in [4.78, 5) is 0. The van der Waals surface area contributed by atoms with Crippen LogP contribution in [-0.2, 0) is 14.8 Å². The van der Waals surface area contributed by atoms with E-state index in [1.54, 1.807) is 0 Å². The molecule has 2 unspecified atom stereocenters. The second-order valence-electron chi connectivity index (χ2n) is 4.60. The van der Waals surface area contributed by atoms with Crippen LogP contribution in [0.1, 0.15) is 32.6 Å². The van der Waals surface area contributed by atoms with Gasteiger partial charge in [-0.25, -0.2) is 13.1 Å². The SMILES string of the molecule is CCOCCS(=O)(=O)NC1CCCC(CN)C1. The van der Waals surface area contributed by atoms with E-state index in [2.05, 4.69) is 4.72 Å². The van der Waals surface area contributed by atoms with Crippen molar-refractivity contribution in [1.29, 1.82) is 0 Å². The van der Waals surface area contributed by atoms with E-state index in [0.717, 1.165) is 25.7 Å². The molecule has 1 aliphatic carbocycles. The van der Waals surface area contributed by atoms with Crippen molar-refractivity contribution in [2.24, 2.45) is 11.7 Å². The van der Waals surface area contributed by atoms with Gasteiger partial charge < -0.3 is 10.5 Å². The van der Waals surface area contributed by atoms with Gasteiger partial charge in [-0.2, -0.15) is 0 Å². The molecular formula is C11H24N2O3S. The monoisotopic (exact) mass is 264 g/mol. The van der Waals surface area contributed by atoms with Crippen LogP contribution in [0.3, 0.4) is 0 Å². The van der Waals surface area contributed by atoms with E-state index in [9.17, 15) is 8.42 Å². The summed E-state index contributed by atoms with van der Waals surface area (Å²) in [6, 6.07) is 0.0592. The lowest BCUT2D eigenvalue weighted by atomic mass is 9.86. The summed E-state index contributed by atoms with van der Waals surface area (Å²) in [5.74, 6) is 0.508. The van der Waals surface area contributed by atoms with E-state index in [1.165, 1.54) is 0 Å². The van der Waals surface area contributed by atoms with E-state index >= 15 is 0 Å². The van der Waals surface area contributed by atoms with Crippen molar-refractivity contribution in [2.75, 3.05) is 25.5 Å². The zero-order chi connectivity index (χ0) is 12.7. The van der Waals surface area contributed by atoms with Crippen molar-refractivity contribution in [3.8, 4) is 0 Å². The zero-order valence-electron chi connectivity index (χ0n) is 10.5. The quantitative estimate of drug-likeness (QED) is 0.655. The highest BCUT2D eigenvalue weighted by molar-refractivity contribution is 7.89. The van der Waals surface area contributed by atoms with Crippen molar-refractivity contribution < 1.29 is 13.2 Å². The molecule has 1 fully saturated rings. The van der Waals surface area contributed by atoms with Crippen LogP contribution in [0.5, 0.6) is 0 Å². The number of nitrogens with two attached hydrogens (primary N) is 1. The largest absolute Gasteiger partial charge is 0.381 e. The second-order valence-corrected chi connectivity index (χ2v) is 6.47. The van der Waals surface area contributed by atoms with Gasteiger partial charge in [0.2, 0.25) is 10.0 Å². The maximum absolute atomic E-state index is 11.7. The number of hydrogen-bond donors (Lipinski definition) is 2. The van der Waals surface area contributed by atoms with Crippen LogP contribution in [0.15, 0.2) is 0 Å². The Labute approximate surface area is 104 Å². The topological polar surface area (TPSA) is 81.4 Å². The molecule has 0 amide bonds. The van der Waals surface area contributed by atoms with E-state index < -0.39 is 10.0 Å². The number of hydrogen-bond acceptors (Lipinski definition) is 4. The number of ether oxygens (including phenoxy) is 1. The van der Waals surface area contributed by atoms with E-state index in [0.29, 0.717) is 19.1 Å². The van der Waals surface area contributed by atoms with E-state index in [4.69, 9.17) is 10.5 Å². The van der Waals surface area contributed by atoms with Crippen molar-refractivity contribution in [2.45, 2.75) is 38.6 Å². The first-order valence-corrected chi connectivity index (χ1v) is 8.00. The standard InChI is InChI=1S/C11H24N2O3S/c1-2-16-6-7-17(14,15)13-11-5-3-4-10(8-11)9-12/h10-11,13H,2-9,12H2,1H3. The molecule has 17 heavy (non-hydrogen) atoms. The van der Waals surface area contributed by atoms with Crippen molar-refractivity contribution >= 4 is 10.0 Å². The molecule has 5 nitrogen and oxygen atoms in total. The molecule has 0 saturated heterocycles. The fourth-order valence-corrected chi connectivity index (χ4v) is 3.42. The molecule has 1 aliphatic rings. The number of rotatable bonds is 7. The summed E-state index contributed by atoms with van der Waals surface area (Å²) in [6.07, 6.45) is 3.96. The van der Waals surface area contributed by atoms with Gasteiger partial charge in [0.1, 0.15) is 0 Å². The van der Waals surface area contributed by atoms with Gasteiger partial charge >= 0.3 is 0 Å². The molecule has 102 valence electrons. The molecule has 0 heterocycles. The van der Waals surface area contributed by atoms with Crippen molar-refractivity contribution in [3.05, 3.63) is 0 Å². The average molecular weight is 264 g/mol. The molecule has 0 aliphatic heterocycles. The van der Waals surface area contributed by atoms with Crippen LogP contribution in [-0.4, -0.2) is 40.0 Å². The third-order valence-corrected chi connectivity index (χ3v) is 4.56. The highest BCUT2D eigenvalue weighted by Crippen LogP contribution is 2.23. The maximum Gasteiger partial charge on any atom is 0.214 e. The number of sulfonamides is 1. The fraction of sp³-hybridized carbons (Fsp3) is 1.00. The predicted octanol–water partition coefficient (Wildman–Crippen LogP) is 0.460. The van der Waals surface area contributed by atoms with E-state index in [-0.39, 0.29) is 18.4 Å². The Morgan fingerprint density at radius 1 is 1.41 bits per heavy atom.